The fourth-order valence-electron chi connectivity index (χ4n) is 1.85. The maximum atomic E-state index is 11.7. The maximum Gasteiger partial charge on any atom is 0.220 e. The second-order valence-electron chi connectivity index (χ2n) is 5.38. The molecule has 1 aromatic carbocycles. The lowest BCUT2D eigenvalue weighted by Gasteiger charge is -2.26. The third kappa shape index (κ3) is 6.73. The number of amides is 1. The number of halogens is 2. The summed E-state index contributed by atoms with van der Waals surface area (Å²) in [6, 6.07) is 8.23. The minimum atomic E-state index is -0.0670. The van der Waals surface area contributed by atoms with Gasteiger partial charge >= 0.3 is 0 Å². The molecule has 0 radical (unpaired) electrons. The van der Waals surface area contributed by atoms with E-state index in [0.717, 1.165) is 17.4 Å². The van der Waals surface area contributed by atoms with Crippen LogP contribution in [-0.4, -0.2) is 26.0 Å². The highest BCUT2D eigenvalue weighted by Crippen LogP contribution is 2.25. The quantitative estimate of drug-likeness (QED) is 0.730. The van der Waals surface area contributed by atoms with E-state index in [1.807, 2.05) is 19.2 Å². The zero-order valence-corrected chi connectivity index (χ0v) is 14.7. The highest BCUT2D eigenvalue weighted by molar-refractivity contribution is 9.10. The molecular weight excluding hydrogens is 340 g/mol. The van der Waals surface area contributed by atoms with Gasteiger partial charge in [-0.1, -0.05) is 41.9 Å². The average Bonchev–Trinajstić information content (AvgIpc) is 2.37. The molecule has 0 bridgehead atoms. The SMILES string of the molecule is CNCCCC(=O)NCC(C)(C)c1cccc(Br)c1.Cl. The van der Waals surface area contributed by atoms with Crippen molar-refractivity contribution in [1.82, 2.24) is 10.6 Å². The molecule has 1 aromatic rings. The molecule has 3 nitrogen and oxygen atoms in total. The van der Waals surface area contributed by atoms with Gasteiger partial charge in [0.2, 0.25) is 5.91 Å². The smallest absolute Gasteiger partial charge is 0.220 e. The summed E-state index contributed by atoms with van der Waals surface area (Å²) in [6.07, 6.45) is 1.45. The fourth-order valence-corrected chi connectivity index (χ4v) is 2.24. The Bertz CT molecular complexity index is 424. The van der Waals surface area contributed by atoms with Crippen LogP contribution in [0.2, 0.25) is 0 Å². The summed E-state index contributed by atoms with van der Waals surface area (Å²) in [4.78, 5) is 11.7. The lowest BCUT2D eigenvalue weighted by atomic mass is 9.84. The lowest BCUT2D eigenvalue weighted by Crippen LogP contribution is -2.36. The first-order valence-electron chi connectivity index (χ1n) is 6.63. The van der Waals surface area contributed by atoms with Crippen LogP contribution in [0.25, 0.3) is 0 Å². The Morgan fingerprint density at radius 2 is 2.05 bits per heavy atom. The summed E-state index contributed by atoms with van der Waals surface area (Å²) in [7, 11) is 1.90. The molecule has 0 heterocycles. The van der Waals surface area contributed by atoms with Gasteiger partial charge in [-0.15, -0.1) is 12.4 Å². The predicted molar refractivity (Wildman–Crippen MR) is 90.6 cm³/mol. The van der Waals surface area contributed by atoms with Gasteiger partial charge in [-0.25, -0.2) is 0 Å². The van der Waals surface area contributed by atoms with Gasteiger partial charge in [-0.3, -0.25) is 4.79 Å². The topological polar surface area (TPSA) is 41.1 Å². The number of rotatable bonds is 7. The van der Waals surface area contributed by atoms with Crippen molar-refractivity contribution in [3.05, 3.63) is 34.3 Å². The predicted octanol–water partition coefficient (Wildman–Crippen LogP) is 3.26. The van der Waals surface area contributed by atoms with Crippen LogP contribution in [0.15, 0.2) is 28.7 Å². The van der Waals surface area contributed by atoms with Crippen LogP contribution in [0.3, 0.4) is 0 Å². The van der Waals surface area contributed by atoms with E-state index in [2.05, 4.69) is 52.5 Å². The molecule has 0 aliphatic heterocycles. The van der Waals surface area contributed by atoms with Crippen LogP contribution < -0.4 is 10.6 Å². The molecule has 0 unspecified atom stereocenters. The Balaban J connectivity index is 0.00000361. The van der Waals surface area contributed by atoms with E-state index in [-0.39, 0.29) is 23.7 Å². The molecule has 0 aliphatic rings. The summed E-state index contributed by atoms with van der Waals surface area (Å²) in [6.45, 7) is 5.82. The summed E-state index contributed by atoms with van der Waals surface area (Å²) in [5.74, 6) is 0.123. The number of hydrogen-bond donors (Lipinski definition) is 2. The Morgan fingerprint density at radius 3 is 2.65 bits per heavy atom. The van der Waals surface area contributed by atoms with E-state index in [1.165, 1.54) is 5.56 Å². The Labute approximate surface area is 136 Å². The summed E-state index contributed by atoms with van der Waals surface area (Å²) < 4.78 is 1.07. The zero-order chi connectivity index (χ0) is 14.3. The molecule has 0 spiro atoms. The Morgan fingerprint density at radius 1 is 1.35 bits per heavy atom. The van der Waals surface area contributed by atoms with Crippen molar-refractivity contribution in [2.45, 2.75) is 32.1 Å². The molecule has 1 amide bonds. The van der Waals surface area contributed by atoms with Crippen molar-refractivity contribution in [3.8, 4) is 0 Å². The molecule has 0 fully saturated rings. The molecule has 0 aromatic heterocycles. The first-order chi connectivity index (χ1) is 8.95. The normalized spacial score (nSPS) is 10.8. The molecule has 5 heteroatoms. The van der Waals surface area contributed by atoms with Gasteiger partial charge < -0.3 is 10.6 Å². The largest absolute Gasteiger partial charge is 0.355 e. The number of carbonyl (C=O) groups is 1. The standard InChI is InChI=1S/C15H23BrN2O.ClH/c1-15(2,12-6-4-7-13(16)10-12)11-18-14(19)8-5-9-17-3;/h4,6-7,10,17H,5,8-9,11H2,1-3H3,(H,18,19);1H. The lowest BCUT2D eigenvalue weighted by molar-refractivity contribution is -0.121. The van der Waals surface area contributed by atoms with Gasteiger partial charge in [0.05, 0.1) is 0 Å². The highest BCUT2D eigenvalue weighted by Gasteiger charge is 2.21. The zero-order valence-electron chi connectivity index (χ0n) is 12.3. The number of benzene rings is 1. The van der Waals surface area contributed by atoms with E-state index >= 15 is 0 Å². The van der Waals surface area contributed by atoms with E-state index < -0.39 is 0 Å². The minimum absolute atomic E-state index is 0. The van der Waals surface area contributed by atoms with Crippen molar-refractivity contribution in [2.24, 2.45) is 0 Å². The van der Waals surface area contributed by atoms with Crippen LogP contribution in [0.5, 0.6) is 0 Å². The second kappa shape index (κ2) is 9.37. The van der Waals surface area contributed by atoms with Gasteiger partial charge in [0, 0.05) is 22.9 Å². The molecule has 0 aliphatic carbocycles. The first-order valence-corrected chi connectivity index (χ1v) is 7.42. The van der Waals surface area contributed by atoms with E-state index in [1.54, 1.807) is 0 Å². The van der Waals surface area contributed by atoms with Gasteiger partial charge in [-0.05, 0) is 37.7 Å². The van der Waals surface area contributed by atoms with Crippen LogP contribution in [0, 0.1) is 0 Å². The van der Waals surface area contributed by atoms with Crippen molar-refractivity contribution < 1.29 is 4.79 Å². The van der Waals surface area contributed by atoms with Gasteiger partial charge in [0.25, 0.3) is 0 Å². The van der Waals surface area contributed by atoms with Crippen LogP contribution >= 0.6 is 28.3 Å². The van der Waals surface area contributed by atoms with E-state index in [0.29, 0.717) is 13.0 Å². The molecule has 0 saturated heterocycles. The van der Waals surface area contributed by atoms with Gasteiger partial charge in [0.1, 0.15) is 0 Å². The first kappa shape index (κ1) is 19.4. The Hall–Kier alpha value is -0.580. The third-order valence-corrected chi connectivity index (χ3v) is 3.66. The Kier molecular flexibility index (Phi) is 9.10. The highest BCUT2D eigenvalue weighted by atomic mass is 79.9. The average molecular weight is 364 g/mol. The van der Waals surface area contributed by atoms with E-state index in [4.69, 9.17) is 0 Å². The molecule has 0 atom stereocenters. The van der Waals surface area contributed by atoms with Crippen LogP contribution in [0.1, 0.15) is 32.3 Å². The van der Waals surface area contributed by atoms with Crippen molar-refractivity contribution in [1.29, 1.82) is 0 Å². The number of carbonyl (C=O) groups excluding carboxylic acids is 1. The third-order valence-electron chi connectivity index (χ3n) is 3.16. The number of hydrogen-bond acceptors (Lipinski definition) is 2. The second-order valence-corrected chi connectivity index (χ2v) is 6.29. The fraction of sp³-hybridized carbons (Fsp3) is 0.533. The van der Waals surface area contributed by atoms with Crippen LogP contribution in [0.4, 0.5) is 0 Å². The van der Waals surface area contributed by atoms with Crippen molar-refractivity contribution >= 4 is 34.2 Å². The van der Waals surface area contributed by atoms with Gasteiger partial charge in [0.15, 0.2) is 0 Å². The monoisotopic (exact) mass is 362 g/mol. The summed E-state index contributed by atoms with van der Waals surface area (Å²) in [5.41, 5.74) is 1.15. The molecule has 114 valence electrons. The molecule has 1 rings (SSSR count). The van der Waals surface area contributed by atoms with Gasteiger partial charge in [-0.2, -0.15) is 0 Å². The van der Waals surface area contributed by atoms with Crippen molar-refractivity contribution in [2.75, 3.05) is 20.1 Å². The van der Waals surface area contributed by atoms with Crippen LogP contribution in [-0.2, 0) is 10.2 Å². The molecule has 2 N–H and O–H groups in total. The van der Waals surface area contributed by atoms with E-state index in [9.17, 15) is 4.79 Å². The molecule has 0 saturated carbocycles. The maximum absolute atomic E-state index is 11.7. The molecule has 20 heavy (non-hydrogen) atoms. The van der Waals surface area contributed by atoms with Crippen molar-refractivity contribution in [3.63, 3.8) is 0 Å². The minimum Gasteiger partial charge on any atom is -0.355 e. The summed E-state index contributed by atoms with van der Waals surface area (Å²) in [5, 5.41) is 6.06. The number of nitrogens with one attached hydrogen (secondary N) is 2. The molecular formula is C15H24BrClN2O. The summed E-state index contributed by atoms with van der Waals surface area (Å²) >= 11 is 3.48.